The van der Waals surface area contributed by atoms with Crippen LogP contribution in [-0.4, -0.2) is 27.9 Å². The molecular weight excluding hydrogens is 278 g/mol. The van der Waals surface area contributed by atoms with Crippen molar-refractivity contribution in [1.82, 2.24) is 15.0 Å². The summed E-state index contributed by atoms with van der Waals surface area (Å²) in [5.74, 6) is 0. The molecule has 0 amide bonds. The highest BCUT2D eigenvalue weighted by molar-refractivity contribution is 6.31. The minimum Gasteiger partial charge on any atom is -0.372 e. The summed E-state index contributed by atoms with van der Waals surface area (Å²) in [6.45, 7) is 1.19. The van der Waals surface area contributed by atoms with Crippen molar-refractivity contribution in [3.05, 3.63) is 46.2 Å². The number of halogens is 1. The number of ether oxygens (including phenoxy) is 1. The standard InChI is InChI=1S/C14H14ClN3O2/c15-11-5-2-1-4-10(11)8-18-14(12(9-19)16-17-18)13-6-3-7-20-13/h1-2,4-5,9,13H,3,6-8H2. The maximum absolute atomic E-state index is 11.1. The number of benzene rings is 1. The van der Waals surface area contributed by atoms with Gasteiger partial charge in [0.1, 0.15) is 6.10 Å². The number of aromatic nitrogens is 3. The first-order valence-corrected chi connectivity index (χ1v) is 6.91. The molecule has 104 valence electrons. The van der Waals surface area contributed by atoms with Crippen LogP contribution in [0.3, 0.4) is 0 Å². The summed E-state index contributed by atoms with van der Waals surface area (Å²) in [7, 11) is 0. The van der Waals surface area contributed by atoms with E-state index in [1.54, 1.807) is 4.68 Å². The van der Waals surface area contributed by atoms with Crippen LogP contribution in [-0.2, 0) is 11.3 Å². The number of carbonyl (C=O) groups is 1. The molecule has 0 radical (unpaired) electrons. The van der Waals surface area contributed by atoms with Gasteiger partial charge in [-0.15, -0.1) is 5.10 Å². The SMILES string of the molecule is O=Cc1nnn(Cc2ccccc2Cl)c1C1CCCO1. The van der Waals surface area contributed by atoms with Crippen LogP contribution in [0, 0.1) is 0 Å². The molecule has 0 N–H and O–H groups in total. The van der Waals surface area contributed by atoms with E-state index in [4.69, 9.17) is 16.3 Å². The third-order valence-corrected chi connectivity index (χ3v) is 3.79. The lowest BCUT2D eigenvalue weighted by Gasteiger charge is -2.13. The van der Waals surface area contributed by atoms with Crippen molar-refractivity contribution in [3.63, 3.8) is 0 Å². The average molecular weight is 292 g/mol. The topological polar surface area (TPSA) is 57.0 Å². The highest BCUT2D eigenvalue weighted by atomic mass is 35.5. The van der Waals surface area contributed by atoms with Crippen molar-refractivity contribution in [2.45, 2.75) is 25.5 Å². The summed E-state index contributed by atoms with van der Waals surface area (Å²) >= 11 is 6.16. The van der Waals surface area contributed by atoms with E-state index in [9.17, 15) is 4.79 Å². The van der Waals surface area contributed by atoms with Gasteiger partial charge >= 0.3 is 0 Å². The minimum absolute atomic E-state index is 0.104. The van der Waals surface area contributed by atoms with Gasteiger partial charge in [0.2, 0.25) is 0 Å². The number of hydrogen-bond acceptors (Lipinski definition) is 4. The van der Waals surface area contributed by atoms with Crippen LogP contribution in [0.2, 0.25) is 5.02 Å². The molecule has 1 atom stereocenters. The Kier molecular flexibility index (Phi) is 3.80. The number of carbonyl (C=O) groups excluding carboxylic acids is 1. The van der Waals surface area contributed by atoms with E-state index in [0.29, 0.717) is 23.9 Å². The zero-order valence-electron chi connectivity index (χ0n) is 10.8. The highest BCUT2D eigenvalue weighted by Gasteiger charge is 2.26. The molecule has 20 heavy (non-hydrogen) atoms. The summed E-state index contributed by atoms with van der Waals surface area (Å²) in [5.41, 5.74) is 2.04. The van der Waals surface area contributed by atoms with Crippen molar-refractivity contribution in [3.8, 4) is 0 Å². The largest absolute Gasteiger partial charge is 0.372 e. The molecule has 1 fully saturated rings. The van der Waals surface area contributed by atoms with Gasteiger partial charge in [-0.3, -0.25) is 4.79 Å². The van der Waals surface area contributed by atoms with Crippen LogP contribution < -0.4 is 0 Å². The van der Waals surface area contributed by atoms with Crippen molar-refractivity contribution in [2.75, 3.05) is 6.61 Å². The Balaban J connectivity index is 1.95. The summed E-state index contributed by atoms with van der Waals surface area (Å²) in [5, 5.41) is 8.67. The van der Waals surface area contributed by atoms with Gasteiger partial charge in [0.25, 0.3) is 0 Å². The van der Waals surface area contributed by atoms with Crippen LogP contribution >= 0.6 is 11.6 Å². The zero-order valence-corrected chi connectivity index (χ0v) is 11.6. The monoisotopic (exact) mass is 291 g/mol. The second-order valence-corrected chi connectivity index (χ2v) is 5.14. The minimum atomic E-state index is -0.104. The lowest BCUT2D eigenvalue weighted by atomic mass is 10.1. The molecule has 1 aromatic carbocycles. The summed E-state index contributed by atoms with van der Waals surface area (Å²) in [6.07, 6.45) is 2.50. The van der Waals surface area contributed by atoms with Gasteiger partial charge in [0.05, 0.1) is 12.2 Å². The van der Waals surface area contributed by atoms with Gasteiger partial charge < -0.3 is 4.74 Å². The molecule has 1 aliphatic rings. The summed E-state index contributed by atoms with van der Waals surface area (Å²) in [6, 6.07) is 7.57. The quantitative estimate of drug-likeness (QED) is 0.813. The molecule has 6 heteroatoms. The fourth-order valence-electron chi connectivity index (χ4n) is 2.45. The number of rotatable bonds is 4. The lowest BCUT2D eigenvalue weighted by molar-refractivity contribution is 0.101. The normalized spacial score (nSPS) is 18.4. The van der Waals surface area contributed by atoms with Gasteiger partial charge in [-0.2, -0.15) is 0 Å². The smallest absolute Gasteiger partial charge is 0.172 e. The second-order valence-electron chi connectivity index (χ2n) is 4.73. The highest BCUT2D eigenvalue weighted by Crippen LogP contribution is 2.30. The fraction of sp³-hybridized carbons (Fsp3) is 0.357. The summed E-state index contributed by atoms with van der Waals surface area (Å²) < 4.78 is 7.36. The van der Waals surface area contributed by atoms with Crippen molar-refractivity contribution >= 4 is 17.9 Å². The average Bonchev–Trinajstić information content (AvgIpc) is 3.09. The predicted octanol–water partition coefficient (Wildman–Crippen LogP) is 2.64. The van der Waals surface area contributed by atoms with Gasteiger partial charge in [0, 0.05) is 11.6 Å². The van der Waals surface area contributed by atoms with Crippen LogP contribution in [0.15, 0.2) is 24.3 Å². The Morgan fingerprint density at radius 1 is 1.45 bits per heavy atom. The van der Waals surface area contributed by atoms with Crippen molar-refractivity contribution in [2.24, 2.45) is 0 Å². The van der Waals surface area contributed by atoms with E-state index in [2.05, 4.69) is 10.3 Å². The van der Waals surface area contributed by atoms with Crippen LogP contribution in [0.5, 0.6) is 0 Å². The molecule has 0 spiro atoms. The second kappa shape index (κ2) is 5.73. The summed E-state index contributed by atoms with van der Waals surface area (Å²) in [4.78, 5) is 11.1. The molecule has 1 unspecified atom stereocenters. The van der Waals surface area contributed by atoms with Crippen molar-refractivity contribution < 1.29 is 9.53 Å². The Hall–Kier alpha value is -1.72. The van der Waals surface area contributed by atoms with Crippen LogP contribution in [0.25, 0.3) is 0 Å². The van der Waals surface area contributed by atoms with E-state index in [1.807, 2.05) is 24.3 Å². The Morgan fingerprint density at radius 3 is 3.00 bits per heavy atom. The first-order valence-electron chi connectivity index (χ1n) is 6.53. The van der Waals surface area contributed by atoms with E-state index in [0.717, 1.165) is 30.4 Å². The maximum Gasteiger partial charge on any atom is 0.172 e. The maximum atomic E-state index is 11.1. The third-order valence-electron chi connectivity index (χ3n) is 3.43. The van der Waals surface area contributed by atoms with Gasteiger partial charge in [-0.1, -0.05) is 35.0 Å². The van der Waals surface area contributed by atoms with Gasteiger partial charge in [0.15, 0.2) is 12.0 Å². The first-order chi connectivity index (χ1) is 9.79. The molecule has 0 bridgehead atoms. The Labute approximate surface area is 121 Å². The predicted molar refractivity (Wildman–Crippen MR) is 73.9 cm³/mol. The Bertz CT molecular complexity index is 621. The first kappa shape index (κ1) is 13.3. The number of aldehydes is 1. The molecule has 3 rings (SSSR count). The fourth-order valence-corrected chi connectivity index (χ4v) is 2.64. The number of nitrogens with zero attached hydrogens (tertiary/aromatic N) is 3. The zero-order chi connectivity index (χ0) is 13.9. The van der Waals surface area contributed by atoms with Gasteiger partial charge in [-0.25, -0.2) is 4.68 Å². The molecular formula is C14H14ClN3O2. The molecule has 1 aromatic heterocycles. The van der Waals surface area contributed by atoms with E-state index < -0.39 is 0 Å². The third kappa shape index (κ3) is 2.46. The molecule has 2 heterocycles. The van der Waals surface area contributed by atoms with E-state index in [-0.39, 0.29) is 6.10 Å². The van der Waals surface area contributed by atoms with E-state index in [1.165, 1.54) is 0 Å². The van der Waals surface area contributed by atoms with E-state index >= 15 is 0 Å². The van der Waals surface area contributed by atoms with Crippen molar-refractivity contribution in [1.29, 1.82) is 0 Å². The molecule has 2 aromatic rings. The Morgan fingerprint density at radius 2 is 2.30 bits per heavy atom. The molecule has 1 saturated heterocycles. The van der Waals surface area contributed by atoms with Crippen LogP contribution in [0.4, 0.5) is 0 Å². The molecule has 1 aliphatic heterocycles. The lowest BCUT2D eigenvalue weighted by Crippen LogP contribution is -2.11. The van der Waals surface area contributed by atoms with Crippen LogP contribution in [0.1, 0.15) is 40.7 Å². The number of hydrogen-bond donors (Lipinski definition) is 0. The molecule has 0 aliphatic carbocycles. The van der Waals surface area contributed by atoms with Gasteiger partial charge in [-0.05, 0) is 24.5 Å². The molecule has 5 nitrogen and oxygen atoms in total. The molecule has 0 saturated carbocycles.